The van der Waals surface area contributed by atoms with Gasteiger partial charge in [-0.3, -0.25) is 24.1 Å². The average molecular weight is 623 g/mol. The number of likely N-dealkylation sites (tertiary alicyclic amines) is 1. The molecule has 2 aliphatic rings. The predicted octanol–water partition coefficient (Wildman–Crippen LogP) is 5.94. The van der Waals surface area contributed by atoms with Crippen molar-refractivity contribution >= 4 is 17.8 Å². The van der Waals surface area contributed by atoms with Gasteiger partial charge in [-0.25, -0.2) is 13.8 Å². The molecule has 238 valence electrons. The van der Waals surface area contributed by atoms with Gasteiger partial charge in [0.15, 0.2) is 5.69 Å². The van der Waals surface area contributed by atoms with E-state index < -0.39 is 42.1 Å². The van der Waals surface area contributed by atoms with Gasteiger partial charge in [0.05, 0.1) is 30.0 Å². The molecule has 9 nitrogen and oxygen atoms in total. The SMILES string of the molecule is CN(C(=O)C[C@H](CCN1CCCC(F)(F)C1)NC(=O)c1cc(-c2ccccc2C(F)(F)F)n(C2CCCC2)n1)c1ncco1. The number of alkyl halides is 5. The summed E-state index contributed by atoms with van der Waals surface area (Å²) in [5.41, 5.74) is -0.820. The minimum Gasteiger partial charge on any atom is -0.432 e. The van der Waals surface area contributed by atoms with E-state index in [-0.39, 0.29) is 54.8 Å². The Kier molecular flexibility index (Phi) is 9.37. The molecule has 0 radical (unpaired) electrons. The van der Waals surface area contributed by atoms with E-state index in [1.165, 1.54) is 53.4 Å². The van der Waals surface area contributed by atoms with Gasteiger partial charge in [-0.15, -0.1) is 0 Å². The maximum atomic E-state index is 14.0. The van der Waals surface area contributed by atoms with Crippen LogP contribution in [0.3, 0.4) is 0 Å². The normalized spacial score (nSPS) is 18.3. The lowest BCUT2D eigenvalue weighted by atomic mass is 10.0. The second-order valence-corrected chi connectivity index (χ2v) is 11.5. The number of amides is 2. The van der Waals surface area contributed by atoms with Crippen LogP contribution in [0.25, 0.3) is 11.3 Å². The summed E-state index contributed by atoms with van der Waals surface area (Å²) in [6, 6.07) is 5.63. The smallest absolute Gasteiger partial charge is 0.417 e. The largest absolute Gasteiger partial charge is 0.432 e. The Morgan fingerprint density at radius 3 is 2.61 bits per heavy atom. The molecule has 1 N–H and O–H groups in total. The highest BCUT2D eigenvalue weighted by molar-refractivity contribution is 5.95. The molecule has 3 heterocycles. The van der Waals surface area contributed by atoms with Crippen LogP contribution in [0.2, 0.25) is 0 Å². The molecule has 5 rings (SSSR count). The van der Waals surface area contributed by atoms with Crippen LogP contribution in [0.15, 0.2) is 47.2 Å². The standard InChI is InChI=1S/C30H35F5N6O3/c1-39(28-36-13-16-44-28)26(42)17-20(11-15-40-14-6-12-29(31,32)19-40)37-27(43)24-18-25(41(38-24)21-7-2-3-8-21)22-9-4-5-10-23(22)30(33,34)35/h4-5,9-10,13,16,18,20-21H,2-3,6-8,11-12,14-15,17,19H2,1H3,(H,37,43)/t20-/m0/s1. The highest BCUT2D eigenvalue weighted by atomic mass is 19.4. The van der Waals surface area contributed by atoms with E-state index in [1.807, 2.05) is 0 Å². The number of hydrogen-bond acceptors (Lipinski definition) is 6. The van der Waals surface area contributed by atoms with Crippen molar-refractivity contribution < 1.29 is 36.0 Å². The number of nitrogens with one attached hydrogen (secondary N) is 1. The number of aromatic nitrogens is 3. The zero-order valence-corrected chi connectivity index (χ0v) is 24.3. The fraction of sp³-hybridized carbons (Fsp3) is 0.533. The number of carbonyl (C=O) groups excluding carboxylic acids is 2. The van der Waals surface area contributed by atoms with Gasteiger partial charge in [-0.2, -0.15) is 18.3 Å². The Morgan fingerprint density at radius 2 is 1.93 bits per heavy atom. The van der Waals surface area contributed by atoms with Crippen LogP contribution in [0.4, 0.5) is 28.0 Å². The van der Waals surface area contributed by atoms with E-state index >= 15 is 0 Å². The molecule has 1 saturated carbocycles. The first kappa shape index (κ1) is 31.6. The van der Waals surface area contributed by atoms with Crippen molar-refractivity contribution in [2.45, 2.75) is 75.5 Å². The number of halogens is 5. The van der Waals surface area contributed by atoms with E-state index in [2.05, 4.69) is 15.4 Å². The second kappa shape index (κ2) is 13.0. The predicted molar refractivity (Wildman–Crippen MR) is 151 cm³/mol. The van der Waals surface area contributed by atoms with Gasteiger partial charge >= 0.3 is 12.2 Å². The van der Waals surface area contributed by atoms with Crippen LogP contribution in [0.5, 0.6) is 0 Å². The van der Waals surface area contributed by atoms with Gasteiger partial charge in [0.1, 0.15) is 6.26 Å². The third-order valence-corrected chi connectivity index (χ3v) is 8.25. The molecule has 14 heteroatoms. The molecule has 1 saturated heterocycles. The van der Waals surface area contributed by atoms with Crippen LogP contribution < -0.4 is 10.2 Å². The number of piperidine rings is 1. The Bertz CT molecular complexity index is 1440. The highest BCUT2D eigenvalue weighted by Gasteiger charge is 2.37. The second-order valence-electron chi connectivity index (χ2n) is 11.5. The molecule has 1 aliphatic carbocycles. The van der Waals surface area contributed by atoms with Crippen LogP contribution in [0.1, 0.15) is 73.5 Å². The molecular formula is C30H35F5N6O3. The van der Waals surface area contributed by atoms with E-state index in [9.17, 15) is 31.5 Å². The summed E-state index contributed by atoms with van der Waals surface area (Å²) in [6.07, 6.45) is 1.42. The number of hydrogen-bond donors (Lipinski definition) is 1. The monoisotopic (exact) mass is 622 g/mol. The topological polar surface area (TPSA) is 96.5 Å². The Balaban J connectivity index is 1.40. The number of benzene rings is 1. The lowest BCUT2D eigenvalue weighted by Crippen LogP contribution is -2.46. The lowest BCUT2D eigenvalue weighted by Gasteiger charge is -2.33. The van der Waals surface area contributed by atoms with Crippen LogP contribution in [-0.4, -0.2) is 70.1 Å². The molecule has 3 aromatic rings. The van der Waals surface area contributed by atoms with E-state index in [4.69, 9.17) is 4.42 Å². The summed E-state index contributed by atoms with van der Waals surface area (Å²) in [4.78, 5) is 33.4. The minimum absolute atomic E-state index is 0.0547. The van der Waals surface area contributed by atoms with Crippen molar-refractivity contribution in [2.75, 3.05) is 31.6 Å². The van der Waals surface area contributed by atoms with Gasteiger partial charge in [0.2, 0.25) is 5.91 Å². The van der Waals surface area contributed by atoms with E-state index in [1.54, 1.807) is 4.90 Å². The van der Waals surface area contributed by atoms with Gasteiger partial charge < -0.3 is 9.73 Å². The van der Waals surface area contributed by atoms with Crippen molar-refractivity contribution in [3.63, 3.8) is 0 Å². The minimum atomic E-state index is -4.62. The molecule has 2 aromatic heterocycles. The fourth-order valence-corrected chi connectivity index (χ4v) is 5.98. The first-order valence-electron chi connectivity index (χ1n) is 14.7. The molecule has 44 heavy (non-hydrogen) atoms. The number of nitrogens with zero attached hydrogens (tertiary/aromatic N) is 5. The van der Waals surface area contributed by atoms with Gasteiger partial charge in [0, 0.05) is 38.0 Å². The van der Waals surface area contributed by atoms with Crippen molar-refractivity contribution in [3.05, 3.63) is 54.0 Å². The molecule has 1 atom stereocenters. The summed E-state index contributed by atoms with van der Waals surface area (Å²) in [7, 11) is 1.46. The van der Waals surface area contributed by atoms with Crippen LogP contribution in [0, 0.1) is 0 Å². The molecule has 0 bridgehead atoms. The zero-order valence-electron chi connectivity index (χ0n) is 24.3. The summed E-state index contributed by atoms with van der Waals surface area (Å²) in [5.74, 6) is -3.92. The Morgan fingerprint density at radius 1 is 1.18 bits per heavy atom. The molecule has 1 aliphatic heterocycles. The number of anilines is 1. The summed E-state index contributed by atoms with van der Waals surface area (Å²) < 4.78 is 76.6. The van der Waals surface area contributed by atoms with Gasteiger partial charge in [-0.05, 0) is 44.4 Å². The van der Waals surface area contributed by atoms with Crippen molar-refractivity contribution in [1.82, 2.24) is 25.0 Å². The first-order chi connectivity index (χ1) is 20.9. The number of oxazole rings is 1. The Hall–Kier alpha value is -3.81. The van der Waals surface area contributed by atoms with Gasteiger partial charge in [-0.1, -0.05) is 31.0 Å². The quantitative estimate of drug-likeness (QED) is 0.281. The third kappa shape index (κ3) is 7.45. The number of rotatable bonds is 10. The van der Waals surface area contributed by atoms with Gasteiger partial charge in [0.25, 0.3) is 11.8 Å². The van der Waals surface area contributed by atoms with Crippen LogP contribution >= 0.6 is 0 Å². The third-order valence-electron chi connectivity index (χ3n) is 8.25. The molecule has 1 aromatic carbocycles. The Labute approximate surface area is 251 Å². The van der Waals surface area contributed by atoms with Crippen molar-refractivity contribution in [2.24, 2.45) is 0 Å². The molecular weight excluding hydrogens is 587 g/mol. The van der Waals surface area contributed by atoms with Crippen molar-refractivity contribution in [3.8, 4) is 11.3 Å². The number of carbonyl (C=O) groups is 2. The summed E-state index contributed by atoms with van der Waals surface area (Å²) in [6.45, 7) is 0.261. The molecule has 0 unspecified atom stereocenters. The first-order valence-corrected chi connectivity index (χ1v) is 14.7. The molecule has 0 spiro atoms. The zero-order chi connectivity index (χ0) is 31.5. The van der Waals surface area contributed by atoms with E-state index in [0.717, 1.165) is 18.9 Å². The lowest BCUT2D eigenvalue weighted by molar-refractivity contribution is -0.137. The fourth-order valence-electron chi connectivity index (χ4n) is 5.98. The molecule has 2 fully saturated rings. The average Bonchev–Trinajstić information content (AvgIpc) is 3.76. The summed E-state index contributed by atoms with van der Waals surface area (Å²) >= 11 is 0. The molecule has 2 amide bonds. The van der Waals surface area contributed by atoms with E-state index in [0.29, 0.717) is 25.8 Å². The highest BCUT2D eigenvalue weighted by Crippen LogP contribution is 2.40. The maximum absolute atomic E-state index is 14.0. The summed E-state index contributed by atoms with van der Waals surface area (Å²) in [5, 5.41) is 7.28. The maximum Gasteiger partial charge on any atom is 0.417 e. The van der Waals surface area contributed by atoms with Crippen LogP contribution in [-0.2, 0) is 11.0 Å². The van der Waals surface area contributed by atoms with Crippen molar-refractivity contribution in [1.29, 1.82) is 0 Å².